The fourth-order valence-corrected chi connectivity index (χ4v) is 12.2. The minimum Gasteiger partial charge on any atom is -0.310 e. The van der Waals surface area contributed by atoms with Crippen molar-refractivity contribution in [3.05, 3.63) is 187 Å². The van der Waals surface area contributed by atoms with Gasteiger partial charge in [0.1, 0.15) is 0 Å². The van der Waals surface area contributed by atoms with E-state index in [9.17, 15) is 0 Å². The fourth-order valence-electron chi connectivity index (χ4n) is 12.2. The molecule has 5 aliphatic carbocycles. The molecule has 0 saturated heterocycles. The van der Waals surface area contributed by atoms with Gasteiger partial charge in [0.15, 0.2) is 0 Å². The van der Waals surface area contributed by atoms with Crippen molar-refractivity contribution in [1.82, 2.24) is 0 Å². The zero-order valence-electron chi connectivity index (χ0n) is 31.0. The SMILES string of the molecule is c1ccc(-c2ccccc2N(c2ccc(-c3ccc4c(c3)-c3ccccc3C43C4CC5CC(C4)CC3C5)cc2)c2ccc3c(ccc4ccccc43)c2)cc1. The number of para-hydroxylation sites is 1. The van der Waals surface area contributed by atoms with Gasteiger partial charge in [-0.15, -0.1) is 0 Å². The standard InChI is InChI=1S/C54H43N/c1-2-10-38(11-3-1)48-14-7-9-17-53(48)55(45-25-26-47-41(33-45)19-18-39-12-4-5-13-46(39)47)44-23-20-37(21-24-44)40-22-27-52-50(34-40)49-15-6-8-16-51(49)54(52)42-29-35-28-36(31-42)32-43(54)30-35/h1-27,33-36,42-43H,28-32H2. The van der Waals surface area contributed by atoms with Gasteiger partial charge in [0, 0.05) is 22.4 Å². The molecule has 0 heterocycles. The van der Waals surface area contributed by atoms with E-state index in [1.807, 2.05) is 0 Å². The molecular weight excluding hydrogens is 663 g/mol. The molecule has 8 aromatic rings. The average Bonchev–Trinajstić information content (AvgIpc) is 3.53. The molecule has 0 N–H and O–H groups in total. The van der Waals surface area contributed by atoms with Crippen molar-refractivity contribution in [2.24, 2.45) is 23.7 Å². The second-order valence-electron chi connectivity index (χ2n) is 16.9. The molecule has 4 fully saturated rings. The third-order valence-corrected chi connectivity index (χ3v) is 14.2. The molecule has 5 aliphatic rings. The summed E-state index contributed by atoms with van der Waals surface area (Å²) in [6.07, 6.45) is 7.16. The summed E-state index contributed by atoms with van der Waals surface area (Å²) in [5.41, 5.74) is 14.9. The van der Waals surface area contributed by atoms with Gasteiger partial charge in [0.2, 0.25) is 0 Å². The van der Waals surface area contributed by atoms with Crippen LogP contribution in [0.4, 0.5) is 17.1 Å². The third kappa shape index (κ3) is 4.66. The van der Waals surface area contributed by atoms with Crippen molar-refractivity contribution in [1.29, 1.82) is 0 Å². The average molecular weight is 706 g/mol. The number of rotatable bonds is 5. The molecule has 0 radical (unpaired) electrons. The zero-order chi connectivity index (χ0) is 36.1. The fraction of sp³-hybridized carbons (Fsp3) is 0.185. The van der Waals surface area contributed by atoms with Crippen LogP contribution in [0.1, 0.15) is 43.2 Å². The highest BCUT2D eigenvalue weighted by molar-refractivity contribution is 6.08. The van der Waals surface area contributed by atoms with E-state index in [1.54, 1.807) is 11.1 Å². The van der Waals surface area contributed by atoms with Crippen LogP contribution in [0.2, 0.25) is 0 Å². The zero-order valence-corrected chi connectivity index (χ0v) is 31.0. The largest absolute Gasteiger partial charge is 0.310 e. The van der Waals surface area contributed by atoms with Crippen LogP contribution in [-0.2, 0) is 5.41 Å². The van der Waals surface area contributed by atoms with Crippen LogP contribution >= 0.6 is 0 Å². The maximum atomic E-state index is 2.54. The number of anilines is 3. The smallest absolute Gasteiger partial charge is 0.0540 e. The summed E-state index contributed by atoms with van der Waals surface area (Å²) in [6.45, 7) is 0. The summed E-state index contributed by atoms with van der Waals surface area (Å²) < 4.78 is 0. The molecule has 1 heteroatoms. The van der Waals surface area contributed by atoms with E-state index >= 15 is 0 Å². The Morgan fingerprint density at radius 1 is 0.382 bits per heavy atom. The Morgan fingerprint density at radius 2 is 1.00 bits per heavy atom. The van der Waals surface area contributed by atoms with E-state index in [4.69, 9.17) is 0 Å². The van der Waals surface area contributed by atoms with Gasteiger partial charge >= 0.3 is 0 Å². The molecule has 8 aromatic carbocycles. The first-order valence-electron chi connectivity index (χ1n) is 20.4. The molecule has 4 saturated carbocycles. The normalized spacial score (nSPS) is 23.0. The van der Waals surface area contributed by atoms with Gasteiger partial charge in [0.05, 0.1) is 5.69 Å². The van der Waals surface area contributed by atoms with Gasteiger partial charge < -0.3 is 4.90 Å². The molecule has 13 rings (SSSR count). The first-order chi connectivity index (χ1) is 27.2. The molecule has 4 bridgehead atoms. The van der Waals surface area contributed by atoms with Crippen LogP contribution < -0.4 is 4.90 Å². The summed E-state index contributed by atoms with van der Waals surface area (Å²) >= 11 is 0. The first kappa shape index (κ1) is 31.4. The van der Waals surface area contributed by atoms with E-state index in [1.165, 1.54) is 87.0 Å². The van der Waals surface area contributed by atoms with Crippen LogP contribution in [0.5, 0.6) is 0 Å². The number of hydrogen-bond donors (Lipinski definition) is 0. The first-order valence-corrected chi connectivity index (χ1v) is 20.4. The summed E-state index contributed by atoms with van der Waals surface area (Å²) in [7, 11) is 0. The highest BCUT2D eigenvalue weighted by Gasteiger charge is 2.61. The van der Waals surface area contributed by atoms with E-state index in [2.05, 4.69) is 181 Å². The van der Waals surface area contributed by atoms with E-state index in [0.29, 0.717) is 0 Å². The van der Waals surface area contributed by atoms with Crippen LogP contribution in [-0.4, -0.2) is 0 Å². The number of nitrogens with zero attached hydrogens (tertiary/aromatic N) is 1. The Hall–Kier alpha value is -5.92. The minimum atomic E-state index is 0.209. The number of fused-ring (bicyclic) bond motifs is 6. The van der Waals surface area contributed by atoms with Crippen LogP contribution in [0, 0.1) is 23.7 Å². The van der Waals surface area contributed by atoms with E-state index < -0.39 is 0 Å². The van der Waals surface area contributed by atoms with Gasteiger partial charge in [-0.05, 0) is 153 Å². The van der Waals surface area contributed by atoms with E-state index in [0.717, 1.165) is 40.7 Å². The van der Waals surface area contributed by atoms with Crippen molar-refractivity contribution in [3.63, 3.8) is 0 Å². The topological polar surface area (TPSA) is 3.24 Å². The summed E-state index contributed by atoms with van der Waals surface area (Å²) in [5, 5.41) is 5.08. The Bertz CT molecular complexity index is 2750. The lowest BCUT2D eigenvalue weighted by Gasteiger charge is -2.61. The Balaban J connectivity index is 0.972. The maximum Gasteiger partial charge on any atom is 0.0540 e. The predicted octanol–water partition coefficient (Wildman–Crippen LogP) is 14.5. The quantitative estimate of drug-likeness (QED) is 0.161. The van der Waals surface area contributed by atoms with Gasteiger partial charge in [0.25, 0.3) is 0 Å². The van der Waals surface area contributed by atoms with Crippen molar-refractivity contribution < 1.29 is 0 Å². The number of benzene rings is 8. The second kappa shape index (κ2) is 12.0. The Morgan fingerprint density at radius 3 is 1.82 bits per heavy atom. The van der Waals surface area contributed by atoms with Crippen molar-refractivity contribution in [3.8, 4) is 33.4 Å². The predicted molar refractivity (Wildman–Crippen MR) is 230 cm³/mol. The Kier molecular flexibility index (Phi) is 6.88. The third-order valence-electron chi connectivity index (χ3n) is 14.2. The van der Waals surface area contributed by atoms with Crippen molar-refractivity contribution in [2.45, 2.75) is 37.5 Å². The van der Waals surface area contributed by atoms with Crippen LogP contribution in [0.15, 0.2) is 176 Å². The monoisotopic (exact) mass is 705 g/mol. The minimum absolute atomic E-state index is 0.209. The van der Waals surface area contributed by atoms with Gasteiger partial charge in [-0.25, -0.2) is 0 Å². The summed E-state index contributed by atoms with van der Waals surface area (Å²) in [6, 6.07) is 66.1. The highest BCUT2D eigenvalue weighted by Crippen LogP contribution is 2.69. The molecular formula is C54H43N. The summed E-state index contributed by atoms with van der Waals surface area (Å²) in [4.78, 5) is 2.44. The lowest BCUT2D eigenvalue weighted by atomic mass is 9.43. The lowest BCUT2D eigenvalue weighted by molar-refractivity contribution is -0.0399. The molecule has 1 spiro atoms. The maximum absolute atomic E-state index is 2.54. The van der Waals surface area contributed by atoms with E-state index in [-0.39, 0.29) is 5.41 Å². The van der Waals surface area contributed by atoms with Crippen LogP contribution in [0.25, 0.3) is 54.9 Å². The molecule has 0 amide bonds. The number of hydrogen-bond acceptors (Lipinski definition) is 1. The molecule has 0 aliphatic heterocycles. The van der Waals surface area contributed by atoms with Gasteiger partial charge in [-0.1, -0.05) is 140 Å². The molecule has 0 unspecified atom stereocenters. The molecule has 264 valence electrons. The van der Waals surface area contributed by atoms with Gasteiger partial charge in [-0.3, -0.25) is 0 Å². The van der Waals surface area contributed by atoms with Crippen molar-refractivity contribution in [2.75, 3.05) is 4.90 Å². The molecule has 0 atom stereocenters. The van der Waals surface area contributed by atoms with Gasteiger partial charge in [-0.2, -0.15) is 0 Å². The Labute approximate surface area is 323 Å². The molecule has 55 heavy (non-hydrogen) atoms. The molecule has 0 aromatic heterocycles. The second-order valence-corrected chi connectivity index (χ2v) is 16.9. The molecule has 1 nitrogen and oxygen atoms in total. The highest BCUT2D eigenvalue weighted by atomic mass is 15.1. The summed E-state index contributed by atoms with van der Waals surface area (Å²) in [5.74, 6) is 3.48. The van der Waals surface area contributed by atoms with Crippen molar-refractivity contribution >= 4 is 38.6 Å². The van der Waals surface area contributed by atoms with Crippen LogP contribution in [0.3, 0.4) is 0 Å². The lowest BCUT2D eigenvalue weighted by Crippen LogP contribution is -2.55.